The number of hydrogen-bond acceptors (Lipinski definition) is 2. The molecule has 0 spiro atoms. The van der Waals surface area contributed by atoms with Crippen LogP contribution >= 0.6 is 0 Å². The van der Waals surface area contributed by atoms with Crippen LogP contribution in [0.3, 0.4) is 0 Å². The van der Waals surface area contributed by atoms with Gasteiger partial charge < -0.3 is 0 Å². The van der Waals surface area contributed by atoms with Crippen molar-refractivity contribution >= 4 is 5.78 Å². The fourth-order valence-corrected chi connectivity index (χ4v) is 1.97. The fourth-order valence-electron chi connectivity index (χ4n) is 1.97. The number of carbonyl (C=O) groups is 1. The SMILES string of the molecule is CC(=O)c1cc(C2CCC2)nn1C(C)C. The maximum absolute atomic E-state index is 11.5. The Morgan fingerprint density at radius 1 is 1.53 bits per heavy atom. The van der Waals surface area contributed by atoms with Gasteiger partial charge in [-0.1, -0.05) is 6.42 Å². The minimum absolute atomic E-state index is 0.113. The first-order chi connectivity index (χ1) is 7.09. The van der Waals surface area contributed by atoms with E-state index in [0.717, 1.165) is 11.4 Å². The van der Waals surface area contributed by atoms with Crippen molar-refractivity contribution in [3.05, 3.63) is 17.5 Å². The van der Waals surface area contributed by atoms with E-state index in [-0.39, 0.29) is 11.8 Å². The number of Topliss-reactive ketones (excluding diaryl/α,β-unsaturated/α-hetero) is 1. The van der Waals surface area contributed by atoms with E-state index in [0.29, 0.717) is 5.92 Å². The Hall–Kier alpha value is -1.12. The highest BCUT2D eigenvalue weighted by Crippen LogP contribution is 2.36. The summed E-state index contributed by atoms with van der Waals surface area (Å²) in [5.41, 5.74) is 1.87. The zero-order valence-corrected chi connectivity index (χ0v) is 9.66. The molecule has 0 amide bonds. The summed E-state index contributed by atoms with van der Waals surface area (Å²) in [4.78, 5) is 11.5. The van der Waals surface area contributed by atoms with Crippen LogP contribution in [0.4, 0.5) is 0 Å². The number of nitrogens with zero attached hydrogens (tertiary/aromatic N) is 2. The monoisotopic (exact) mass is 206 g/mol. The second-order valence-corrected chi connectivity index (χ2v) is 4.68. The third kappa shape index (κ3) is 1.83. The average molecular weight is 206 g/mol. The smallest absolute Gasteiger partial charge is 0.177 e. The Morgan fingerprint density at radius 2 is 2.20 bits per heavy atom. The van der Waals surface area contributed by atoms with Gasteiger partial charge in [-0.25, -0.2) is 0 Å². The van der Waals surface area contributed by atoms with Crippen molar-refractivity contribution in [1.82, 2.24) is 9.78 Å². The third-order valence-electron chi connectivity index (χ3n) is 3.13. The molecule has 3 heteroatoms. The molecule has 0 unspecified atom stereocenters. The molecule has 3 nitrogen and oxygen atoms in total. The molecule has 0 saturated heterocycles. The van der Waals surface area contributed by atoms with Gasteiger partial charge in [-0.2, -0.15) is 5.10 Å². The Morgan fingerprint density at radius 3 is 2.53 bits per heavy atom. The van der Waals surface area contributed by atoms with Gasteiger partial charge in [0, 0.05) is 18.9 Å². The van der Waals surface area contributed by atoms with E-state index in [1.165, 1.54) is 19.3 Å². The summed E-state index contributed by atoms with van der Waals surface area (Å²) in [6, 6.07) is 2.24. The maximum atomic E-state index is 11.5. The molecule has 1 aliphatic rings. The lowest BCUT2D eigenvalue weighted by atomic mass is 9.83. The first kappa shape index (κ1) is 10.4. The highest BCUT2D eigenvalue weighted by molar-refractivity contribution is 5.92. The topological polar surface area (TPSA) is 34.9 Å². The molecule has 0 bridgehead atoms. The Labute approximate surface area is 90.5 Å². The van der Waals surface area contributed by atoms with E-state index in [1.807, 2.05) is 10.7 Å². The van der Waals surface area contributed by atoms with Crippen molar-refractivity contribution in [2.24, 2.45) is 0 Å². The zero-order valence-electron chi connectivity index (χ0n) is 9.66. The fraction of sp³-hybridized carbons (Fsp3) is 0.667. The largest absolute Gasteiger partial charge is 0.293 e. The van der Waals surface area contributed by atoms with E-state index in [9.17, 15) is 4.79 Å². The normalized spacial score (nSPS) is 16.8. The van der Waals surface area contributed by atoms with Gasteiger partial charge in [-0.3, -0.25) is 9.48 Å². The Balaban J connectivity index is 2.34. The van der Waals surface area contributed by atoms with Crippen LogP contribution in [0.15, 0.2) is 6.07 Å². The third-order valence-corrected chi connectivity index (χ3v) is 3.13. The summed E-state index contributed by atoms with van der Waals surface area (Å²) in [6.45, 7) is 5.73. The van der Waals surface area contributed by atoms with E-state index in [1.54, 1.807) is 6.92 Å². The van der Waals surface area contributed by atoms with E-state index in [4.69, 9.17) is 0 Å². The van der Waals surface area contributed by atoms with Crippen LogP contribution in [0, 0.1) is 0 Å². The van der Waals surface area contributed by atoms with Crippen molar-refractivity contribution in [2.45, 2.75) is 52.0 Å². The summed E-state index contributed by atoms with van der Waals surface area (Å²) in [5.74, 6) is 0.713. The summed E-state index contributed by atoms with van der Waals surface area (Å²) in [6.07, 6.45) is 3.76. The average Bonchev–Trinajstić information content (AvgIpc) is 2.45. The van der Waals surface area contributed by atoms with Crippen molar-refractivity contribution in [3.63, 3.8) is 0 Å². The molecule has 1 fully saturated rings. The number of aromatic nitrogens is 2. The lowest BCUT2D eigenvalue weighted by molar-refractivity contribution is 0.100. The lowest BCUT2D eigenvalue weighted by Gasteiger charge is -2.23. The molecule has 2 rings (SSSR count). The molecule has 1 heterocycles. The van der Waals surface area contributed by atoms with Crippen LogP contribution in [0.1, 0.15) is 68.2 Å². The highest BCUT2D eigenvalue weighted by Gasteiger charge is 2.24. The van der Waals surface area contributed by atoms with Crippen molar-refractivity contribution in [3.8, 4) is 0 Å². The second-order valence-electron chi connectivity index (χ2n) is 4.68. The summed E-state index contributed by atoms with van der Waals surface area (Å²) < 4.78 is 1.86. The van der Waals surface area contributed by atoms with Gasteiger partial charge in [0.15, 0.2) is 5.78 Å². The molecule has 0 aromatic carbocycles. The number of ketones is 1. The van der Waals surface area contributed by atoms with Gasteiger partial charge in [-0.05, 0) is 32.8 Å². The van der Waals surface area contributed by atoms with E-state index >= 15 is 0 Å². The van der Waals surface area contributed by atoms with Gasteiger partial charge in [0.05, 0.1) is 5.69 Å². The van der Waals surface area contributed by atoms with Crippen LogP contribution in [0.5, 0.6) is 0 Å². The summed E-state index contributed by atoms with van der Waals surface area (Å²) >= 11 is 0. The van der Waals surface area contributed by atoms with Gasteiger partial charge in [0.2, 0.25) is 0 Å². The molecule has 15 heavy (non-hydrogen) atoms. The van der Waals surface area contributed by atoms with E-state index < -0.39 is 0 Å². The first-order valence-electron chi connectivity index (χ1n) is 5.70. The van der Waals surface area contributed by atoms with Crippen LogP contribution < -0.4 is 0 Å². The molecule has 1 aromatic heterocycles. The van der Waals surface area contributed by atoms with Gasteiger partial charge in [-0.15, -0.1) is 0 Å². The Bertz CT molecular complexity index is 375. The van der Waals surface area contributed by atoms with Gasteiger partial charge >= 0.3 is 0 Å². The molecule has 1 saturated carbocycles. The molecule has 0 N–H and O–H groups in total. The molecule has 0 aliphatic heterocycles. The van der Waals surface area contributed by atoms with Gasteiger partial charge in [0.25, 0.3) is 0 Å². The zero-order chi connectivity index (χ0) is 11.0. The second kappa shape index (κ2) is 3.80. The molecule has 0 radical (unpaired) electrons. The van der Waals surface area contributed by atoms with Crippen LogP contribution in [0.25, 0.3) is 0 Å². The predicted molar refractivity (Wildman–Crippen MR) is 59.2 cm³/mol. The minimum atomic E-state index is 0.113. The Kier molecular flexibility index (Phi) is 2.63. The van der Waals surface area contributed by atoms with Crippen LogP contribution in [-0.2, 0) is 0 Å². The molecular weight excluding hydrogens is 188 g/mol. The molecule has 1 aromatic rings. The summed E-state index contributed by atoms with van der Waals surface area (Å²) in [7, 11) is 0. The van der Waals surface area contributed by atoms with Crippen LogP contribution in [-0.4, -0.2) is 15.6 Å². The van der Waals surface area contributed by atoms with E-state index in [2.05, 4.69) is 18.9 Å². The minimum Gasteiger partial charge on any atom is -0.293 e. The maximum Gasteiger partial charge on any atom is 0.177 e. The highest BCUT2D eigenvalue weighted by atomic mass is 16.1. The molecule has 1 aliphatic carbocycles. The number of carbonyl (C=O) groups excluding carboxylic acids is 1. The quantitative estimate of drug-likeness (QED) is 0.713. The lowest BCUT2D eigenvalue weighted by Crippen LogP contribution is -2.12. The number of hydrogen-bond donors (Lipinski definition) is 0. The standard InChI is InChI=1S/C12H18N2O/c1-8(2)14-12(9(3)15)7-11(13-14)10-5-4-6-10/h7-8,10H,4-6H2,1-3H3. The van der Waals surface area contributed by atoms with Crippen molar-refractivity contribution < 1.29 is 4.79 Å². The molecule has 0 atom stereocenters. The molecule has 82 valence electrons. The van der Waals surface area contributed by atoms with Crippen molar-refractivity contribution in [2.75, 3.05) is 0 Å². The summed E-state index contributed by atoms with van der Waals surface area (Å²) in [5, 5.41) is 4.55. The first-order valence-corrected chi connectivity index (χ1v) is 5.70. The molecular formula is C12H18N2O. The van der Waals surface area contributed by atoms with Gasteiger partial charge in [0.1, 0.15) is 5.69 Å². The van der Waals surface area contributed by atoms with Crippen molar-refractivity contribution in [1.29, 1.82) is 0 Å². The number of rotatable bonds is 3. The van der Waals surface area contributed by atoms with Crippen LogP contribution in [0.2, 0.25) is 0 Å². The predicted octanol–water partition coefficient (Wildman–Crippen LogP) is 2.93.